The third kappa shape index (κ3) is 5.39. The lowest BCUT2D eigenvalue weighted by molar-refractivity contribution is -0.119. The van der Waals surface area contributed by atoms with Crippen molar-refractivity contribution in [3.63, 3.8) is 0 Å². The van der Waals surface area contributed by atoms with E-state index in [2.05, 4.69) is 30.4 Å². The molecule has 2 aromatic carbocycles. The molecule has 0 saturated carbocycles. The molecule has 1 amide bonds. The summed E-state index contributed by atoms with van der Waals surface area (Å²) in [6.07, 6.45) is 0. The minimum atomic E-state index is -0.00987. The van der Waals surface area contributed by atoms with Gasteiger partial charge in [0.1, 0.15) is 0 Å². The third-order valence-corrected chi connectivity index (χ3v) is 4.59. The van der Waals surface area contributed by atoms with E-state index in [-0.39, 0.29) is 11.9 Å². The van der Waals surface area contributed by atoms with E-state index in [1.54, 1.807) is 11.8 Å². The molecule has 4 heteroatoms. The van der Waals surface area contributed by atoms with Gasteiger partial charge in [0.2, 0.25) is 5.91 Å². The molecule has 0 fully saturated rings. The quantitative estimate of drug-likeness (QED) is 0.825. The van der Waals surface area contributed by atoms with Crippen molar-refractivity contribution in [2.45, 2.75) is 25.6 Å². The number of thioether (sulfide) groups is 1. The summed E-state index contributed by atoms with van der Waals surface area (Å²) in [6.45, 7) is 4.06. The molecular formula is C18H20ClNOS. The van der Waals surface area contributed by atoms with Crippen LogP contribution in [0.15, 0.2) is 48.5 Å². The first kappa shape index (κ1) is 16.9. The number of aryl methyl sites for hydroxylation is 1. The van der Waals surface area contributed by atoms with Crippen LogP contribution >= 0.6 is 23.4 Å². The Morgan fingerprint density at radius 3 is 2.64 bits per heavy atom. The van der Waals surface area contributed by atoms with Crippen molar-refractivity contribution in [1.29, 1.82) is 0 Å². The van der Waals surface area contributed by atoms with Gasteiger partial charge in [-0.1, -0.05) is 53.6 Å². The van der Waals surface area contributed by atoms with Gasteiger partial charge in [0.25, 0.3) is 0 Å². The van der Waals surface area contributed by atoms with Crippen LogP contribution in [-0.2, 0) is 10.5 Å². The molecule has 2 rings (SSSR count). The Morgan fingerprint density at radius 1 is 1.23 bits per heavy atom. The highest BCUT2D eigenvalue weighted by molar-refractivity contribution is 7.99. The van der Waals surface area contributed by atoms with Gasteiger partial charge in [0.05, 0.1) is 11.8 Å². The van der Waals surface area contributed by atoms with Gasteiger partial charge in [-0.3, -0.25) is 4.79 Å². The van der Waals surface area contributed by atoms with Gasteiger partial charge in [0, 0.05) is 10.8 Å². The highest BCUT2D eigenvalue weighted by Crippen LogP contribution is 2.17. The monoisotopic (exact) mass is 333 g/mol. The molecule has 2 nitrogen and oxygen atoms in total. The lowest BCUT2D eigenvalue weighted by atomic mass is 10.1. The summed E-state index contributed by atoms with van der Waals surface area (Å²) >= 11 is 7.50. The molecule has 0 radical (unpaired) electrons. The summed E-state index contributed by atoms with van der Waals surface area (Å²) in [6, 6.07) is 15.9. The number of benzene rings is 2. The zero-order valence-corrected chi connectivity index (χ0v) is 14.4. The van der Waals surface area contributed by atoms with E-state index in [9.17, 15) is 4.79 Å². The van der Waals surface area contributed by atoms with Gasteiger partial charge in [-0.2, -0.15) is 0 Å². The lowest BCUT2D eigenvalue weighted by Gasteiger charge is -2.14. The molecule has 0 aromatic heterocycles. The Balaban J connectivity index is 1.76. The number of hydrogen-bond acceptors (Lipinski definition) is 2. The molecule has 116 valence electrons. The van der Waals surface area contributed by atoms with Crippen LogP contribution in [0.1, 0.15) is 29.7 Å². The van der Waals surface area contributed by atoms with Crippen LogP contribution in [0.2, 0.25) is 5.02 Å². The molecule has 0 bridgehead atoms. The van der Waals surface area contributed by atoms with Crippen LogP contribution in [0.25, 0.3) is 0 Å². The van der Waals surface area contributed by atoms with E-state index in [1.807, 2.05) is 37.3 Å². The normalized spacial score (nSPS) is 12.0. The molecule has 1 atom stereocenters. The molecule has 0 heterocycles. The van der Waals surface area contributed by atoms with E-state index in [1.165, 1.54) is 11.1 Å². The Hall–Kier alpha value is -1.45. The second-order valence-electron chi connectivity index (χ2n) is 5.32. The van der Waals surface area contributed by atoms with Gasteiger partial charge >= 0.3 is 0 Å². The fourth-order valence-corrected chi connectivity index (χ4v) is 3.09. The fourth-order valence-electron chi connectivity index (χ4n) is 2.18. The van der Waals surface area contributed by atoms with Crippen LogP contribution in [0.3, 0.4) is 0 Å². The lowest BCUT2D eigenvalue weighted by Crippen LogP contribution is -2.28. The van der Waals surface area contributed by atoms with Crippen molar-refractivity contribution < 1.29 is 4.79 Å². The second kappa shape index (κ2) is 8.25. The van der Waals surface area contributed by atoms with Gasteiger partial charge < -0.3 is 5.32 Å². The van der Waals surface area contributed by atoms with Crippen LogP contribution in [0.5, 0.6) is 0 Å². The average molecular weight is 334 g/mol. The van der Waals surface area contributed by atoms with Crippen LogP contribution in [-0.4, -0.2) is 11.7 Å². The number of carbonyl (C=O) groups is 1. The number of amides is 1. The molecular weight excluding hydrogens is 314 g/mol. The van der Waals surface area contributed by atoms with Gasteiger partial charge in [-0.05, 0) is 37.1 Å². The van der Waals surface area contributed by atoms with Crippen molar-refractivity contribution >= 4 is 29.3 Å². The van der Waals surface area contributed by atoms with Gasteiger partial charge in [-0.15, -0.1) is 11.8 Å². The smallest absolute Gasteiger partial charge is 0.230 e. The maximum absolute atomic E-state index is 12.0. The third-order valence-electron chi connectivity index (χ3n) is 3.33. The minimum Gasteiger partial charge on any atom is -0.349 e. The first-order valence-electron chi connectivity index (χ1n) is 7.22. The number of nitrogens with one attached hydrogen (secondary N) is 1. The number of halogens is 1. The summed E-state index contributed by atoms with van der Waals surface area (Å²) in [4.78, 5) is 12.0. The SMILES string of the molecule is Cc1cccc(CSCC(=O)N[C@H](C)c2ccc(Cl)cc2)c1. The number of rotatable bonds is 6. The molecule has 0 aliphatic heterocycles. The summed E-state index contributed by atoms with van der Waals surface area (Å²) in [5.74, 6) is 1.37. The van der Waals surface area contributed by atoms with Crippen LogP contribution < -0.4 is 5.32 Å². The van der Waals surface area contributed by atoms with Crippen LogP contribution in [0.4, 0.5) is 0 Å². The highest BCUT2D eigenvalue weighted by Gasteiger charge is 2.09. The maximum atomic E-state index is 12.0. The van der Waals surface area contributed by atoms with E-state index >= 15 is 0 Å². The molecule has 0 aliphatic rings. The second-order valence-corrected chi connectivity index (χ2v) is 6.74. The molecule has 0 aliphatic carbocycles. The summed E-state index contributed by atoms with van der Waals surface area (Å²) in [7, 11) is 0. The van der Waals surface area contributed by atoms with E-state index in [0.717, 1.165) is 11.3 Å². The fraction of sp³-hybridized carbons (Fsp3) is 0.278. The summed E-state index contributed by atoms with van der Waals surface area (Å²) < 4.78 is 0. The van der Waals surface area contributed by atoms with Gasteiger partial charge in [0.15, 0.2) is 0 Å². The van der Waals surface area contributed by atoms with Crippen molar-refractivity contribution in [1.82, 2.24) is 5.32 Å². The first-order valence-corrected chi connectivity index (χ1v) is 8.76. The van der Waals surface area contributed by atoms with E-state index in [0.29, 0.717) is 10.8 Å². The molecule has 22 heavy (non-hydrogen) atoms. The van der Waals surface area contributed by atoms with E-state index < -0.39 is 0 Å². The maximum Gasteiger partial charge on any atom is 0.230 e. The molecule has 0 spiro atoms. The Bertz CT molecular complexity index is 627. The Labute approximate surface area is 141 Å². The number of carbonyl (C=O) groups excluding carboxylic acids is 1. The molecule has 0 saturated heterocycles. The largest absolute Gasteiger partial charge is 0.349 e. The van der Waals surface area contributed by atoms with Crippen molar-refractivity contribution in [2.24, 2.45) is 0 Å². The average Bonchev–Trinajstić information content (AvgIpc) is 2.48. The summed E-state index contributed by atoms with van der Waals surface area (Å²) in [5.41, 5.74) is 3.56. The number of hydrogen-bond donors (Lipinski definition) is 1. The Kier molecular flexibility index (Phi) is 6.34. The zero-order valence-electron chi connectivity index (χ0n) is 12.8. The van der Waals surface area contributed by atoms with Crippen molar-refractivity contribution in [2.75, 3.05) is 5.75 Å². The molecule has 2 aromatic rings. The van der Waals surface area contributed by atoms with Crippen LogP contribution in [0, 0.1) is 6.92 Å². The van der Waals surface area contributed by atoms with Crippen molar-refractivity contribution in [3.05, 3.63) is 70.2 Å². The van der Waals surface area contributed by atoms with Gasteiger partial charge in [-0.25, -0.2) is 0 Å². The molecule has 0 unspecified atom stereocenters. The predicted molar refractivity (Wildman–Crippen MR) is 95.4 cm³/mol. The van der Waals surface area contributed by atoms with E-state index in [4.69, 9.17) is 11.6 Å². The zero-order chi connectivity index (χ0) is 15.9. The topological polar surface area (TPSA) is 29.1 Å². The first-order chi connectivity index (χ1) is 10.5. The Morgan fingerprint density at radius 2 is 1.95 bits per heavy atom. The predicted octanol–water partition coefficient (Wildman–Crippen LogP) is 4.76. The summed E-state index contributed by atoms with van der Waals surface area (Å²) in [5, 5.41) is 3.72. The van der Waals surface area contributed by atoms with Crippen molar-refractivity contribution in [3.8, 4) is 0 Å². The minimum absolute atomic E-state index is 0.00987. The molecule has 1 N–H and O–H groups in total. The standard InChI is InChI=1S/C18H20ClNOS/c1-13-4-3-5-15(10-13)11-22-12-18(21)20-14(2)16-6-8-17(19)9-7-16/h3-10,14H,11-12H2,1-2H3,(H,20,21)/t14-/m1/s1. The highest BCUT2D eigenvalue weighted by atomic mass is 35.5.